The number of carbonyl (C=O) groups is 2. The summed E-state index contributed by atoms with van der Waals surface area (Å²) < 4.78 is 5.49. The van der Waals surface area contributed by atoms with E-state index >= 15 is 0 Å². The summed E-state index contributed by atoms with van der Waals surface area (Å²) in [6.45, 7) is 5.76. The number of hydrogen-bond donors (Lipinski definition) is 2. The maximum absolute atomic E-state index is 12.6. The molecule has 24 heavy (non-hydrogen) atoms. The summed E-state index contributed by atoms with van der Waals surface area (Å²) in [4.78, 5) is 26.7. The summed E-state index contributed by atoms with van der Waals surface area (Å²) in [6, 6.07) is 7.00. The third kappa shape index (κ3) is 3.88. The maximum Gasteiger partial charge on any atom is 0.249 e. The minimum Gasteiger partial charge on any atom is -0.375 e. The SMILES string of the molecule is Cc1ccc(N2CCC(NC(=O)[C@H]3NCCO[C@@H]3C)C2=O)cc1.Cl. The summed E-state index contributed by atoms with van der Waals surface area (Å²) in [7, 11) is 0. The molecule has 2 aliphatic rings. The molecule has 3 atom stereocenters. The van der Waals surface area contributed by atoms with E-state index in [2.05, 4.69) is 10.6 Å². The Bertz CT molecular complexity index is 593. The molecule has 0 aromatic heterocycles. The number of hydrogen-bond acceptors (Lipinski definition) is 4. The Morgan fingerprint density at radius 2 is 2.04 bits per heavy atom. The van der Waals surface area contributed by atoms with Crippen molar-refractivity contribution in [2.24, 2.45) is 0 Å². The van der Waals surface area contributed by atoms with E-state index in [0.29, 0.717) is 26.1 Å². The molecule has 0 saturated carbocycles. The summed E-state index contributed by atoms with van der Waals surface area (Å²) in [5.41, 5.74) is 2.03. The van der Waals surface area contributed by atoms with Crippen molar-refractivity contribution in [3.8, 4) is 0 Å². The van der Waals surface area contributed by atoms with Gasteiger partial charge in [0.2, 0.25) is 11.8 Å². The number of aryl methyl sites for hydroxylation is 1. The van der Waals surface area contributed by atoms with Gasteiger partial charge in [-0.15, -0.1) is 12.4 Å². The zero-order valence-corrected chi connectivity index (χ0v) is 14.8. The lowest BCUT2D eigenvalue weighted by atomic mass is 10.1. The average Bonchev–Trinajstić information content (AvgIpc) is 2.89. The molecule has 0 spiro atoms. The lowest BCUT2D eigenvalue weighted by Crippen LogP contribution is -2.57. The number of carbonyl (C=O) groups excluding carboxylic acids is 2. The second-order valence-electron chi connectivity index (χ2n) is 6.18. The number of halogens is 1. The molecule has 1 aromatic rings. The monoisotopic (exact) mass is 353 g/mol. The lowest BCUT2D eigenvalue weighted by molar-refractivity contribution is -0.132. The van der Waals surface area contributed by atoms with Gasteiger partial charge in [-0.1, -0.05) is 17.7 Å². The van der Waals surface area contributed by atoms with E-state index in [1.165, 1.54) is 0 Å². The zero-order valence-electron chi connectivity index (χ0n) is 14.0. The predicted molar refractivity (Wildman–Crippen MR) is 94.5 cm³/mol. The molecule has 2 fully saturated rings. The van der Waals surface area contributed by atoms with E-state index in [0.717, 1.165) is 11.3 Å². The number of anilines is 1. The van der Waals surface area contributed by atoms with Crippen LogP contribution in [0.5, 0.6) is 0 Å². The summed E-state index contributed by atoms with van der Waals surface area (Å²) >= 11 is 0. The number of ether oxygens (including phenoxy) is 1. The van der Waals surface area contributed by atoms with Crippen molar-refractivity contribution >= 4 is 29.9 Å². The standard InChI is InChI=1S/C17H23N3O3.ClH/c1-11-3-5-13(6-4-11)20-9-7-14(17(20)22)19-16(21)15-12(2)23-10-8-18-15;/h3-6,12,14-15,18H,7-10H2,1-2H3,(H,19,21);1H/t12-,14?,15+;/m1./s1. The van der Waals surface area contributed by atoms with Crippen molar-refractivity contribution in [1.82, 2.24) is 10.6 Å². The molecule has 132 valence electrons. The topological polar surface area (TPSA) is 70.7 Å². The van der Waals surface area contributed by atoms with Crippen LogP contribution in [0.1, 0.15) is 18.9 Å². The molecule has 2 amide bonds. The third-order valence-corrected chi connectivity index (χ3v) is 4.47. The number of morpholine rings is 1. The molecular weight excluding hydrogens is 330 g/mol. The van der Waals surface area contributed by atoms with Crippen LogP contribution in [0.2, 0.25) is 0 Å². The first-order chi connectivity index (χ1) is 11.1. The Labute approximate surface area is 148 Å². The molecule has 2 heterocycles. The highest BCUT2D eigenvalue weighted by atomic mass is 35.5. The van der Waals surface area contributed by atoms with E-state index in [-0.39, 0.29) is 30.3 Å². The van der Waals surface area contributed by atoms with Gasteiger partial charge >= 0.3 is 0 Å². The summed E-state index contributed by atoms with van der Waals surface area (Å²) in [5.74, 6) is -0.215. The van der Waals surface area contributed by atoms with Gasteiger partial charge in [-0.05, 0) is 32.4 Å². The van der Waals surface area contributed by atoms with Crippen molar-refractivity contribution in [2.75, 3.05) is 24.6 Å². The fraction of sp³-hybridized carbons (Fsp3) is 0.529. The van der Waals surface area contributed by atoms with Gasteiger partial charge in [0.05, 0.1) is 12.7 Å². The fourth-order valence-corrected chi connectivity index (χ4v) is 3.08. The molecule has 7 heteroatoms. The van der Waals surface area contributed by atoms with Gasteiger partial charge in [-0.2, -0.15) is 0 Å². The van der Waals surface area contributed by atoms with E-state index in [1.54, 1.807) is 4.90 Å². The fourth-order valence-electron chi connectivity index (χ4n) is 3.08. The number of nitrogens with one attached hydrogen (secondary N) is 2. The van der Waals surface area contributed by atoms with E-state index in [4.69, 9.17) is 4.74 Å². The minimum absolute atomic E-state index is 0. The van der Waals surface area contributed by atoms with Crippen LogP contribution in [-0.2, 0) is 14.3 Å². The molecule has 1 aromatic carbocycles. The quantitative estimate of drug-likeness (QED) is 0.851. The molecular formula is C17H24ClN3O3. The van der Waals surface area contributed by atoms with Gasteiger partial charge in [0.1, 0.15) is 12.1 Å². The van der Waals surface area contributed by atoms with Crippen LogP contribution in [0, 0.1) is 6.92 Å². The van der Waals surface area contributed by atoms with Crippen LogP contribution in [0.4, 0.5) is 5.69 Å². The smallest absolute Gasteiger partial charge is 0.249 e. The largest absolute Gasteiger partial charge is 0.375 e. The van der Waals surface area contributed by atoms with E-state index in [1.807, 2.05) is 38.1 Å². The Balaban J connectivity index is 0.00000208. The first-order valence-electron chi connectivity index (χ1n) is 8.09. The molecule has 2 N–H and O–H groups in total. The molecule has 2 aliphatic heterocycles. The normalized spacial score (nSPS) is 26.8. The Morgan fingerprint density at radius 3 is 2.71 bits per heavy atom. The third-order valence-electron chi connectivity index (χ3n) is 4.47. The van der Waals surface area contributed by atoms with Gasteiger partial charge in [-0.3, -0.25) is 9.59 Å². The number of amides is 2. The van der Waals surface area contributed by atoms with Crippen LogP contribution in [0.3, 0.4) is 0 Å². The molecule has 0 bridgehead atoms. The Hall–Kier alpha value is -1.63. The highest BCUT2D eigenvalue weighted by Gasteiger charge is 2.36. The van der Waals surface area contributed by atoms with Crippen LogP contribution in [-0.4, -0.2) is 49.7 Å². The number of benzene rings is 1. The molecule has 0 aliphatic carbocycles. The minimum atomic E-state index is -0.459. The molecule has 2 saturated heterocycles. The Kier molecular flexibility index (Phi) is 6.21. The zero-order chi connectivity index (χ0) is 16.4. The lowest BCUT2D eigenvalue weighted by Gasteiger charge is -2.30. The first-order valence-corrected chi connectivity index (χ1v) is 8.09. The second kappa shape index (κ2) is 7.96. The highest BCUT2D eigenvalue weighted by Crippen LogP contribution is 2.22. The molecule has 3 rings (SSSR count). The first kappa shape index (κ1) is 18.7. The number of nitrogens with zero attached hydrogens (tertiary/aromatic N) is 1. The van der Waals surface area contributed by atoms with Gasteiger partial charge in [0, 0.05) is 18.8 Å². The maximum atomic E-state index is 12.6. The molecule has 6 nitrogen and oxygen atoms in total. The number of rotatable bonds is 3. The predicted octanol–water partition coefficient (Wildman–Crippen LogP) is 1.02. The van der Waals surface area contributed by atoms with Crippen molar-refractivity contribution < 1.29 is 14.3 Å². The van der Waals surface area contributed by atoms with Gasteiger partial charge in [0.15, 0.2) is 0 Å². The van der Waals surface area contributed by atoms with Crippen molar-refractivity contribution in [1.29, 1.82) is 0 Å². The van der Waals surface area contributed by atoms with Crippen LogP contribution < -0.4 is 15.5 Å². The molecule has 1 unspecified atom stereocenters. The van der Waals surface area contributed by atoms with E-state index in [9.17, 15) is 9.59 Å². The van der Waals surface area contributed by atoms with Gasteiger partial charge in [-0.25, -0.2) is 0 Å². The van der Waals surface area contributed by atoms with Gasteiger partial charge in [0.25, 0.3) is 0 Å². The average molecular weight is 354 g/mol. The van der Waals surface area contributed by atoms with Crippen molar-refractivity contribution in [3.63, 3.8) is 0 Å². The van der Waals surface area contributed by atoms with Crippen molar-refractivity contribution in [2.45, 2.75) is 38.5 Å². The second-order valence-corrected chi connectivity index (χ2v) is 6.18. The summed E-state index contributed by atoms with van der Waals surface area (Å²) in [5, 5.41) is 6.01. The Morgan fingerprint density at radius 1 is 1.33 bits per heavy atom. The van der Waals surface area contributed by atoms with E-state index < -0.39 is 12.1 Å². The summed E-state index contributed by atoms with van der Waals surface area (Å²) in [6.07, 6.45) is 0.439. The van der Waals surface area contributed by atoms with Crippen LogP contribution in [0.25, 0.3) is 0 Å². The van der Waals surface area contributed by atoms with Crippen LogP contribution in [0.15, 0.2) is 24.3 Å². The van der Waals surface area contributed by atoms with Crippen molar-refractivity contribution in [3.05, 3.63) is 29.8 Å². The molecule has 0 radical (unpaired) electrons. The highest BCUT2D eigenvalue weighted by molar-refractivity contribution is 6.01. The van der Waals surface area contributed by atoms with Gasteiger partial charge < -0.3 is 20.3 Å². The van der Waals surface area contributed by atoms with Crippen LogP contribution >= 0.6 is 12.4 Å².